The smallest absolute Gasteiger partial charge is 0.363 e. The van der Waals surface area contributed by atoms with Gasteiger partial charge in [-0.15, -0.1) is 0 Å². The van der Waals surface area contributed by atoms with Gasteiger partial charge in [0.15, 0.2) is 5.70 Å². The van der Waals surface area contributed by atoms with Crippen molar-refractivity contribution in [3.63, 3.8) is 0 Å². The van der Waals surface area contributed by atoms with Gasteiger partial charge in [0.2, 0.25) is 5.90 Å². The molecule has 0 saturated heterocycles. The van der Waals surface area contributed by atoms with Crippen LogP contribution in [-0.4, -0.2) is 18.5 Å². The first kappa shape index (κ1) is 18.9. The van der Waals surface area contributed by atoms with Crippen molar-refractivity contribution in [2.75, 3.05) is 6.61 Å². The summed E-state index contributed by atoms with van der Waals surface area (Å²) in [7, 11) is 0. The van der Waals surface area contributed by atoms with Gasteiger partial charge < -0.3 is 9.47 Å². The minimum absolute atomic E-state index is 0.226. The Morgan fingerprint density at radius 2 is 2.00 bits per heavy atom. The molecule has 0 saturated carbocycles. The molecule has 0 unspecified atom stereocenters. The number of hydrogen-bond donors (Lipinski definition) is 0. The first-order valence-electron chi connectivity index (χ1n) is 8.27. The summed E-state index contributed by atoms with van der Waals surface area (Å²) in [5, 5.41) is 0.492. The van der Waals surface area contributed by atoms with E-state index in [0.717, 1.165) is 27.7 Å². The highest BCUT2D eigenvalue weighted by atomic mass is 127. The molecule has 0 bridgehead atoms. The van der Waals surface area contributed by atoms with Crippen LogP contribution in [0.15, 0.2) is 53.2 Å². The standard InChI is InChI=1S/C20H17ClINO3/c1-2-3-10-25-15-7-4-13(5-8-15)11-18-20(24)26-19(23-18)16-12-14(22)6-9-17(16)21/h4-9,11-12H,2-3,10H2,1H3. The van der Waals surface area contributed by atoms with E-state index < -0.39 is 5.97 Å². The number of nitrogens with zero attached hydrogens (tertiary/aromatic N) is 1. The van der Waals surface area contributed by atoms with Crippen molar-refractivity contribution in [1.82, 2.24) is 0 Å². The van der Waals surface area contributed by atoms with E-state index in [0.29, 0.717) is 17.2 Å². The average molecular weight is 482 g/mol. The van der Waals surface area contributed by atoms with Crippen LogP contribution in [0.1, 0.15) is 30.9 Å². The number of benzene rings is 2. The highest BCUT2D eigenvalue weighted by Gasteiger charge is 2.25. The van der Waals surface area contributed by atoms with E-state index in [9.17, 15) is 4.79 Å². The second-order valence-corrected chi connectivity index (χ2v) is 7.38. The van der Waals surface area contributed by atoms with Crippen molar-refractivity contribution >= 4 is 52.1 Å². The van der Waals surface area contributed by atoms with Crippen LogP contribution in [0.5, 0.6) is 5.75 Å². The summed E-state index contributed by atoms with van der Waals surface area (Å²) in [5.41, 5.74) is 1.70. The second kappa shape index (κ2) is 8.68. The predicted molar refractivity (Wildman–Crippen MR) is 112 cm³/mol. The number of carbonyl (C=O) groups excluding carboxylic acids is 1. The van der Waals surface area contributed by atoms with E-state index in [2.05, 4.69) is 34.5 Å². The number of rotatable bonds is 6. The Kier molecular flexibility index (Phi) is 6.32. The number of esters is 1. The molecule has 26 heavy (non-hydrogen) atoms. The van der Waals surface area contributed by atoms with Gasteiger partial charge in [-0.3, -0.25) is 0 Å². The molecule has 0 N–H and O–H groups in total. The number of ether oxygens (including phenoxy) is 2. The molecule has 1 heterocycles. The van der Waals surface area contributed by atoms with E-state index >= 15 is 0 Å². The molecule has 0 amide bonds. The Morgan fingerprint density at radius 3 is 2.73 bits per heavy atom. The highest BCUT2D eigenvalue weighted by Crippen LogP contribution is 2.25. The molecule has 2 aromatic carbocycles. The van der Waals surface area contributed by atoms with Crippen molar-refractivity contribution < 1.29 is 14.3 Å². The molecule has 0 aliphatic carbocycles. The van der Waals surface area contributed by atoms with Gasteiger partial charge in [0.25, 0.3) is 0 Å². The Bertz CT molecular complexity index is 875. The Labute approximate surface area is 171 Å². The quantitative estimate of drug-likeness (QED) is 0.238. The molecular formula is C20H17ClINO3. The molecule has 4 nitrogen and oxygen atoms in total. The molecule has 134 valence electrons. The van der Waals surface area contributed by atoms with E-state index in [1.54, 1.807) is 12.1 Å². The average Bonchev–Trinajstić information content (AvgIpc) is 2.99. The zero-order chi connectivity index (χ0) is 18.5. The first-order valence-corrected chi connectivity index (χ1v) is 9.73. The molecular weight excluding hydrogens is 465 g/mol. The molecule has 1 aliphatic rings. The van der Waals surface area contributed by atoms with E-state index in [-0.39, 0.29) is 11.6 Å². The fraction of sp³-hybridized carbons (Fsp3) is 0.200. The molecule has 6 heteroatoms. The van der Waals surface area contributed by atoms with Gasteiger partial charge in [-0.25, -0.2) is 9.79 Å². The summed E-state index contributed by atoms with van der Waals surface area (Å²) in [5.74, 6) is 0.548. The minimum atomic E-state index is -0.488. The number of hydrogen-bond acceptors (Lipinski definition) is 4. The second-order valence-electron chi connectivity index (χ2n) is 5.73. The number of halogens is 2. The third-order valence-electron chi connectivity index (χ3n) is 3.73. The highest BCUT2D eigenvalue weighted by molar-refractivity contribution is 14.1. The molecule has 0 radical (unpaired) electrons. The Hall–Kier alpha value is -1.86. The van der Waals surface area contributed by atoms with Gasteiger partial charge in [-0.1, -0.05) is 37.1 Å². The molecule has 0 atom stereocenters. The first-order chi connectivity index (χ1) is 12.6. The third-order valence-corrected chi connectivity index (χ3v) is 4.73. The van der Waals surface area contributed by atoms with Crippen LogP contribution in [0, 0.1) is 3.57 Å². The lowest BCUT2D eigenvalue weighted by Gasteiger charge is -2.05. The van der Waals surface area contributed by atoms with E-state index in [4.69, 9.17) is 21.1 Å². The van der Waals surface area contributed by atoms with Gasteiger partial charge in [0.1, 0.15) is 5.75 Å². The monoisotopic (exact) mass is 481 g/mol. The molecule has 1 aliphatic heterocycles. The maximum Gasteiger partial charge on any atom is 0.363 e. The van der Waals surface area contributed by atoms with Gasteiger partial charge in [0, 0.05) is 3.57 Å². The number of aliphatic imine (C=N–C) groups is 1. The van der Waals surface area contributed by atoms with Crippen LogP contribution in [0.2, 0.25) is 5.02 Å². The molecule has 2 aromatic rings. The largest absolute Gasteiger partial charge is 0.494 e. The maximum atomic E-state index is 12.1. The summed E-state index contributed by atoms with van der Waals surface area (Å²) >= 11 is 8.36. The maximum absolute atomic E-state index is 12.1. The number of unbranched alkanes of at least 4 members (excludes halogenated alkanes) is 1. The lowest BCUT2D eigenvalue weighted by molar-refractivity contribution is -0.129. The van der Waals surface area contributed by atoms with Crippen LogP contribution in [-0.2, 0) is 9.53 Å². The molecule has 3 rings (SSSR count). The Morgan fingerprint density at radius 1 is 1.23 bits per heavy atom. The molecule has 0 aromatic heterocycles. The van der Waals surface area contributed by atoms with E-state index in [1.165, 1.54) is 0 Å². The van der Waals surface area contributed by atoms with Crippen LogP contribution in [0.3, 0.4) is 0 Å². The summed E-state index contributed by atoms with van der Waals surface area (Å²) in [6.45, 7) is 2.82. The van der Waals surface area contributed by atoms with Crippen LogP contribution in [0.4, 0.5) is 0 Å². The zero-order valence-corrected chi connectivity index (χ0v) is 17.1. The van der Waals surface area contributed by atoms with E-state index in [1.807, 2.05) is 36.4 Å². The normalized spacial score (nSPS) is 15.1. The molecule has 0 fully saturated rings. The van der Waals surface area contributed by atoms with Crippen molar-refractivity contribution in [3.8, 4) is 5.75 Å². The Balaban J connectivity index is 1.79. The van der Waals surface area contributed by atoms with Crippen molar-refractivity contribution in [3.05, 3.63) is 67.9 Å². The topological polar surface area (TPSA) is 47.9 Å². The summed E-state index contributed by atoms with van der Waals surface area (Å²) in [4.78, 5) is 16.4. The minimum Gasteiger partial charge on any atom is -0.494 e. The van der Waals surface area contributed by atoms with Gasteiger partial charge >= 0.3 is 5.97 Å². The third kappa shape index (κ3) is 4.65. The van der Waals surface area contributed by atoms with Crippen LogP contribution < -0.4 is 4.74 Å². The van der Waals surface area contributed by atoms with Gasteiger partial charge in [-0.05, 0) is 71.0 Å². The predicted octanol–water partition coefficient (Wildman–Crippen LogP) is 5.47. The number of carbonyl (C=O) groups is 1. The lowest BCUT2D eigenvalue weighted by Crippen LogP contribution is -2.06. The van der Waals surface area contributed by atoms with Crippen LogP contribution in [0.25, 0.3) is 6.08 Å². The fourth-order valence-electron chi connectivity index (χ4n) is 2.34. The van der Waals surface area contributed by atoms with Crippen molar-refractivity contribution in [2.24, 2.45) is 4.99 Å². The lowest BCUT2D eigenvalue weighted by atomic mass is 10.2. The fourth-order valence-corrected chi connectivity index (χ4v) is 3.03. The van der Waals surface area contributed by atoms with Gasteiger partial charge in [-0.2, -0.15) is 0 Å². The van der Waals surface area contributed by atoms with Crippen molar-refractivity contribution in [2.45, 2.75) is 19.8 Å². The summed E-state index contributed by atoms with van der Waals surface area (Å²) < 4.78 is 11.9. The SMILES string of the molecule is CCCCOc1ccc(C=C2N=C(c3cc(I)ccc3Cl)OC2=O)cc1. The zero-order valence-electron chi connectivity index (χ0n) is 14.2. The number of cyclic esters (lactones) is 1. The van der Waals surface area contributed by atoms with Crippen molar-refractivity contribution in [1.29, 1.82) is 0 Å². The summed E-state index contributed by atoms with van der Waals surface area (Å²) in [6, 6.07) is 13.0. The van der Waals surface area contributed by atoms with Crippen LogP contribution >= 0.6 is 34.2 Å². The summed E-state index contributed by atoms with van der Waals surface area (Å²) in [6.07, 6.45) is 3.81. The molecule has 0 spiro atoms. The van der Waals surface area contributed by atoms with Gasteiger partial charge in [0.05, 0.1) is 17.2 Å².